The number of hydrogen-bond donors (Lipinski definition) is 1. The van der Waals surface area contributed by atoms with Crippen LogP contribution in [-0.2, 0) is 4.74 Å². The second-order valence-electron chi connectivity index (χ2n) is 6.53. The molecule has 2 fully saturated rings. The molecular weight excluding hydrogens is 270 g/mol. The molecule has 1 saturated carbocycles. The van der Waals surface area contributed by atoms with Gasteiger partial charge in [-0.25, -0.2) is 0 Å². The maximum absolute atomic E-state index is 6.15. The Kier molecular flexibility index (Phi) is 4.26. The van der Waals surface area contributed by atoms with Crippen LogP contribution in [-0.4, -0.2) is 28.4 Å². The van der Waals surface area contributed by atoms with Crippen LogP contribution in [0.1, 0.15) is 69.7 Å². The predicted octanol–water partition coefficient (Wildman–Crippen LogP) is 3.96. The highest BCUT2D eigenvalue weighted by molar-refractivity contribution is 7.15. The van der Waals surface area contributed by atoms with Gasteiger partial charge in [0.05, 0.1) is 5.60 Å². The third kappa shape index (κ3) is 3.14. The van der Waals surface area contributed by atoms with E-state index in [4.69, 9.17) is 4.74 Å². The molecule has 1 unspecified atom stereocenters. The minimum absolute atomic E-state index is 0.153. The quantitative estimate of drug-likeness (QED) is 0.917. The van der Waals surface area contributed by atoms with Crippen molar-refractivity contribution in [2.75, 3.05) is 11.9 Å². The normalized spacial score (nSPS) is 26.1. The average molecular weight is 295 g/mol. The van der Waals surface area contributed by atoms with E-state index >= 15 is 0 Å². The molecule has 1 aliphatic carbocycles. The van der Waals surface area contributed by atoms with E-state index in [-0.39, 0.29) is 5.60 Å². The number of rotatable bonds is 3. The van der Waals surface area contributed by atoms with Gasteiger partial charge in [-0.05, 0) is 25.7 Å². The van der Waals surface area contributed by atoms with Crippen LogP contribution < -0.4 is 5.32 Å². The summed E-state index contributed by atoms with van der Waals surface area (Å²) in [6, 6.07) is 0.495. The van der Waals surface area contributed by atoms with Crippen molar-refractivity contribution in [2.24, 2.45) is 0 Å². The van der Waals surface area contributed by atoms with Crippen LogP contribution >= 0.6 is 11.3 Å². The number of nitrogens with zero attached hydrogens (tertiary/aromatic N) is 2. The molecule has 0 bridgehead atoms. The SMILES string of the molecule is CC(C)c1nnc(NC2CCOC3(CCCCC3)C2)s1. The number of ether oxygens (including phenoxy) is 1. The molecule has 0 amide bonds. The van der Waals surface area contributed by atoms with E-state index in [0.717, 1.165) is 29.6 Å². The summed E-state index contributed by atoms with van der Waals surface area (Å²) in [5.74, 6) is 0.461. The lowest BCUT2D eigenvalue weighted by molar-refractivity contribution is -0.103. The highest BCUT2D eigenvalue weighted by Gasteiger charge is 2.38. The van der Waals surface area contributed by atoms with Gasteiger partial charge in [0, 0.05) is 18.6 Å². The smallest absolute Gasteiger partial charge is 0.205 e. The summed E-state index contributed by atoms with van der Waals surface area (Å²) in [4.78, 5) is 0. The Morgan fingerprint density at radius 2 is 2.05 bits per heavy atom. The Hall–Kier alpha value is -0.680. The van der Waals surface area contributed by atoms with Crippen LogP contribution in [0.5, 0.6) is 0 Å². The van der Waals surface area contributed by atoms with Gasteiger partial charge in [-0.2, -0.15) is 0 Å². The first kappa shape index (κ1) is 14.3. The van der Waals surface area contributed by atoms with Gasteiger partial charge >= 0.3 is 0 Å². The van der Waals surface area contributed by atoms with Crippen molar-refractivity contribution in [3.8, 4) is 0 Å². The Morgan fingerprint density at radius 1 is 1.25 bits per heavy atom. The van der Waals surface area contributed by atoms with Crippen LogP contribution in [0.2, 0.25) is 0 Å². The molecule has 2 aliphatic rings. The van der Waals surface area contributed by atoms with Crippen LogP contribution in [0.25, 0.3) is 0 Å². The van der Waals surface area contributed by atoms with E-state index in [1.807, 2.05) is 0 Å². The molecule has 20 heavy (non-hydrogen) atoms. The van der Waals surface area contributed by atoms with Gasteiger partial charge in [0.15, 0.2) is 0 Å². The molecule has 1 aromatic rings. The monoisotopic (exact) mass is 295 g/mol. The maximum atomic E-state index is 6.15. The fourth-order valence-corrected chi connectivity index (χ4v) is 4.22. The molecule has 4 nitrogen and oxygen atoms in total. The Balaban J connectivity index is 1.61. The van der Waals surface area contributed by atoms with Gasteiger partial charge in [0.1, 0.15) is 5.01 Å². The van der Waals surface area contributed by atoms with E-state index in [0.29, 0.717) is 12.0 Å². The standard InChI is InChI=1S/C15H25N3OS/c1-11(2)13-17-18-14(20-13)16-12-6-9-19-15(10-12)7-4-3-5-8-15/h11-12H,3-10H2,1-2H3,(H,16,18). The highest BCUT2D eigenvalue weighted by atomic mass is 32.1. The lowest BCUT2D eigenvalue weighted by Gasteiger charge is -2.43. The molecule has 112 valence electrons. The van der Waals surface area contributed by atoms with Gasteiger partial charge in [0.2, 0.25) is 5.13 Å². The number of aromatic nitrogens is 2. The fourth-order valence-electron chi connectivity index (χ4n) is 3.40. The Bertz CT molecular complexity index is 435. The van der Waals surface area contributed by atoms with Crippen molar-refractivity contribution >= 4 is 16.5 Å². The van der Waals surface area contributed by atoms with Gasteiger partial charge in [-0.1, -0.05) is 44.4 Å². The number of nitrogens with one attached hydrogen (secondary N) is 1. The van der Waals surface area contributed by atoms with Crippen molar-refractivity contribution < 1.29 is 4.74 Å². The zero-order valence-corrected chi connectivity index (χ0v) is 13.3. The molecule has 5 heteroatoms. The van der Waals surface area contributed by atoms with E-state index in [2.05, 4.69) is 29.4 Å². The topological polar surface area (TPSA) is 47.0 Å². The highest BCUT2D eigenvalue weighted by Crippen LogP contribution is 2.39. The minimum Gasteiger partial charge on any atom is -0.375 e. The Morgan fingerprint density at radius 3 is 2.75 bits per heavy atom. The van der Waals surface area contributed by atoms with Crippen LogP contribution in [0.4, 0.5) is 5.13 Å². The molecular formula is C15H25N3OS. The summed E-state index contributed by atoms with van der Waals surface area (Å²) in [5, 5.41) is 14.2. The van der Waals surface area contributed by atoms with Crippen molar-refractivity contribution in [1.82, 2.24) is 10.2 Å². The molecule has 1 N–H and O–H groups in total. The van der Waals surface area contributed by atoms with Crippen molar-refractivity contribution in [1.29, 1.82) is 0 Å². The van der Waals surface area contributed by atoms with Crippen LogP contribution in [0.15, 0.2) is 0 Å². The molecule has 3 rings (SSSR count). The number of anilines is 1. The van der Waals surface area contributed by atoms with E-state index in [1.165, 1.54) is 32.1 Å². The first-order valence-electron chi connectivity index (χ1n) is 7.91. The van der Waals surface area contributed by atoms with E-state index < -0.39 is 0 Å². The molecule has 1 atom stereocenters. The van der Waals surface area contributed by atoms with E-state index in [9.17, 15) is 0 Å². The fraction of sp³-hybridized carbons (Fsp3) is 0.867. The Labute approximate surface area is 125 Å². The summed E-state index contributed by atoms with van der Waals surface area (Å²) in [6.07, 6.45) is 8.70. The zero-order chi connectivity index (χ0) is 14.0. The second kappa shape index (κ2) is 5.98. The minimum atomic E-state index is 0.153. The summed E-state index contributed by atoms with van der Waals surface area (Å²) in [5.41, 5.74) is 0.153. The number of hydrogen-bond acceptors (Lipinski definition) is 5. The predicted molar refractivity (Wildman–Crippen MR) is 82.4 cm³/mol. The van der Waals surface area contributed by atoms with Crippen molar-refractivity contribution in [3.05, 3.63) is 5.01 Å². The van der Waals surface area contributed by atoms with Crippen molar-refractivity contribution in [2.45, 2.75) is 76.4 Å². The van der Waals surface area contributed by atoms with Gasteiger partial charge in [-0.3, -0.25) is 0 Å². The molecule has 0 aromatic carbocycles. The molecule has 0 radical (unpaired) electrons. The largest absolute Gasteiger partial charge is 0.375 e. The molecule has 1 spiro atoms. The van der Waals surface area contributed by atoms with Crippen molar-refractivity contribution in [3.63, 3.8) is 0 Å². The average Bonchev–Trinajstić information content (AvgIpc) is 2.88. The summed E-state index contributed by atoms with van der Waals surface area (Å²) >= 11 is 1.70. The lowest BCUT2D eigenvalue weighted by Crippen LogP contribution is -2.45. The van der Waals surface area contributed by atoms with E-state index in [1.54, 1.807) is 11.3 Å². The maximum Gasteiger partial charge on any atom is 0.205 e. The summed E-state index contributed by atoms with van der Waals surface area (Å²) < 4.78 is 6.15. The summed E-state index contributed by atoms with van der Waals surface area (Å²) in [6.45, 7) is 5.21. The van der Waals surface area contributed by atoms with Gasteiger partial charge < -0.3 is 10.1 Å². The van der Waals surface area contributed by atoms with Gasteiger partial charge in [0.25, 0.3) is 0 Å². The molecule has 1 saturated heterocycles. The van der Waals surface area contributed by atoms with Crippen LogP contribution in [0, 0.1) is 0 Å². The third-order valence-corrected chi connectivity index (χ3v) is 5.67. The second-order valence-corrected chi connectivity index (χ2v) is 7.54. The first-order valence-corrected chi connectivity index (χ1v) is 8.72. The van der Waals surface area contributed by atoms with Gasteiger partial charge in [-0.15, -0.1) is 10.2 Å². The first-order chi connectivity index (χ1) is 9.67. The summed E-state index contributed by atoms with van der Waals surface area (Å²) in [7, 11) is 0. The molecule has 1 aromatic heterocycles. The lowest BCUT2D eigenvalue weighted by atomic mass is 9.78. The zero-order valence-electron chi connectivity index (χ0n) is 12.5. The molecule has 2 heterocycles. The van der Waals surface area contributed by atoms with Crippen LogP contribution in [0.3, 0.4) is 0 Å². The molecule has 1 aliphatic heterocycles. The third-order valence-electron chi connectivity index (χ3n) is 4.52.